The number of aryl methyl sites for hydroxylation is 1. The number of esters is 1. The number of rotatable bonds is 5. The van der Waals surface area contributed by atoms with Gasteiger partial charge in [-0.25, -0.2) is 9.48 Å². The smallest absolute Gasteiger partial charge is 0.342 e. The predicted molar refractivity (Wildman–Crippen MR) is 108 cm³/mol. The van der Waals surface area contributed by atoms with E-state index >= 15 is 0 Å². The highest BCUT2D eigenvalue weighted by Crippen LogP contribution is 2.19. The van der Waals surface area contributed by atoms with Crippen LogP contribution in [-0.4, -0.2) is 27.8 Å². The van der Waals surface area contributed by atoms with Crippen LogP contribution in [0.5, 0.6) is 0 Å². The van der Waals surface area contributed by atoms with Crippen LogP contribution in [-0.2, 0) is 9.53 Å². The molecule has 1 unspecified atom stereocenters. The lowest BCUT2D eigenvalue weighted by Gasteiger charge is -2.14. The molecule has 146 valence electrons. The van der Waals surface area contributed by atoms with Crippen LogP contribution < -0.4 is 5.32 Å². The minimum Gasteiger partial charge on any atom is -0.449 e. The van der Waals surface area contributed by atoms with Gasteiger partial charge in [0.1, 0.15) is 5.56 Å². The van der Waals surface area contributed by atoms with Gasteiger partial charge in [0, 0.05) is 5.69 Å². The molecule has 7 heteroatoms. The topological polar surface area (TPSA) is 97.0 Å². The van der Waals surface area contributed by atoms with E-state index in [-0.39, 0.29) is 0 Å². The minimum absolute atomic E-state index is 0.333. The molecule has 29 heavy (non-hydrogen) atoms. The van der Waals surface area contributed by atoms with E-state index in [0.29, 0.717) is 28.2 Å². The quantitative estimate of drug-likeness (QED) is 0.674. The van der Waals surface area contributed by atoms with Crippen molar-refractivity contribution in [3.05, 3.63) is 77.1 Å². The van der Waals surface area contributed by atoms with Gasteiger partial charge in [-0.15, -0.1) is 0 Å². The molecular weight excluding hydrogens is 368 g/mol. The largest absolute Gasteiger partial charge is 0.449 e. The number of aromatic nitrogens is 2. The van der Waals surface area contributed by atoms with E-state index in [1.54, 1.807) is 42.8 Å². The van der Waals surface area contributed by atoms with Crippen LogP contribution in [0.3, 0.4) is 0 Å². The number of carbonyl (C=O) groups is 2. The van der Waals surface area contributed by atoms with Gasteiger partial charge in [-0.05, 0) is 51.1 Å². The van der Waals surface area contributed by atoms with Crippen LogP contribution in [0.25, 0.3) is 5.69 Å². The number of benzene rings is 2. The molecule has 1 atom stereocenters. The Hall–Kier alpha value is -3.92. The second kappa shape index (κ2) is 8.40. The van der Waals surface area contributed by atoms with E-state index in [4.69, 9.17) is 10.00 Å². The van der Waals surface area contributed by atoms with Gasteiger partial charge >= 0.3 is 5.97 Å². The Morgan fingerprint density at radius 3 is 2.55 bits per heavy atom. The summed E-state index contributed by atoms with van der Waals surface area (Å²) in [7, 11) is 0. The summed E-state index contributed by atoms with van der Waals surface area (Å²) in [6, 6.07) is 18.0. The molecule has 0 saturated carbocycles. The molecule has 0 radical (unpaired) electrons. The number of hydrogen-bond donors (Lipinski definition) is 1. The van der Waals surface area contributed by atoms with Gasteiger partial charge in [-0.1, -0.05) is 24.3 Å². The standard InChI is InChI=1S/C22H20N4O3/c1-14-20(15(2)26(25-14)19-10-5-4-6-11-19)22(28)29-16(3)21(27)24-18-9-7-8-17(12-18)13-23/h4-12,16H,1-3H3,(H,24,27). The first kappa shape index (κ1) is 19.8. The lowest BCUT2D eigenvalue weighted by atomic mass is 10.2. The Kier molecular flexibility index (Phi) is 5.74. The number of nitriles is 1. The van der Waals surface area contributed by atoms with Crippen LogP contribution in [0.1, 0.15) is 34.2 Å². The van der Waals surface area contributed by atoms with Crippen molar-refractivity contribution < 1.29 is 14.3 Å². The SMILES string of the molecule is Cc1nn(-c2ccccc2)c(C)c1C(=O)OC(C)C(=O)Nc1cccc(C#N)c1. The van der Waals surface area contributed by atoms with Gasteiger partial charge < -0.3 is 10.1 Å². The van der Waals surface area contributed by atoms with E-state index in [9.17, 15) is 9.59 Å². The fourth-order valence-corrected chi connectivity index (χ4v) is 2.94. The molecule has 0 bridgehead atoms. The van der Waals surface area contributed by atoms with Gasteiger partial charge in [0.15, 0.2) is 6.10 Å². The molecule has 0 aliphatic rings. The van der Waals surface area contributed by atoms with Crippen molar-refractivity contribution in [1.82, 2.24) is 9.78 Å². The van der Waals surface area contributed by atoms with E-state index in [1.807, 2.05) is 36.4 Å². The van der Waals surface area contributed by atoms with Crippen LogP contribution >= 0.6 is 0 Å². The number of hydrogen-bond acceptors (Lipinski definition) is 5. The number of anilines is 1. The second-order valence-electron chi connectivity index (χ2n) is 6.52. The second-order valence-corrected chi connectivity index (χ2v) is 6.52. The molecule has 3 rings (SSSR count). The normalized spacial score (nSPS) is 11.4. The molecule has 1 heterocycles. The highest BCUT2D eigenvalue weighted by Gasteiger charge is 2.25. The number of carbonyl (C=O) groups excluding carboxylic acids is 2. The van der Waals surface area contributed by atoms with Crippen molar-refractivity contribution in [2.45, 2.75) is 26.9 Å². The summed E-state index contributed by atoms with van der Waals surface area (Å²) in [6.45, 7) is 5.00. The van der Waals surface area contributed by atoms with Crippen molar-refractivity contribution in [2.75, 3.05) is 5.32 Å². The highest BCUT2D eigenvalue weighted by molar-refractivity contribution is 5.98. The number of nitrogens with one attached hydrogen (secondary N) is 1. The first-order valence-corrected chi connectivity index (χ1v) is 9.04. The molecule has 0 saturated heterocycles. The molecule has 7 nitrogen and oxygen atoms in total. The zero-order valence-electron chi connectivity index (χ0n) is 16.3. The van der Waals surface area contributed by atoms with Crippen molar-refractivity contribution >= 4 is 17.6 Å². The molecule has 0 spiro atoms. The van der Waals surface area contributed by atoms with Gasteiger partial charge in [-0.2, -0.15) is 10.4 Å². The average Bonchev–Trinajstić information content (AvgIpc) is 3.02. The molecule has 1 N–H and O–H groups in total. The van der Waals surface area contributed by atoms with Gasteiger partial charge in [0.05, 0.1) is 28.7 Å². The summed E-state index contributed by atoms with van der Waals surface area (Å²) in [5.41, 5.74) is 3.20. The summed E-state index contributed by atoms with van der Waals surface area (Å²) in [5, 5.41) is 16.0. The van der Waals surface area contributed by atoms with Crippen LogP contribution in [0.2, 0.25) is 0 Å². The summed E-state index contributed by atoms with van der Waals surface area (Å²) in [4.78, 5) is 25.1. The zero-order valence-corrected chi connectivity index (χ0v) is 16.3. The number of amides is 1. The van der Waals surface area contributed by atoms with Crippen molar-refractivity contribution in [2.24, 2.45) is 0 Å². The maximum Gasteiger partial charge on any atom is 0.342 e. The maximum atomic E-state index is 12.7. The highest BCUT2D eigenvalue weighted by atomic mass is 16.5. The molecule has 0 fully saturated rings. The average molecular weight is 388 g/mol. The van der Waals surface area contributed by atoms with Gasteiger partial charge in [0.25, 0.3) is 5.91 Å². The Morgan fingerprint density at radius 2 is 1.86 bits per heavy atom. The Bertz CT molecular complexity index is 1100. The van der Waals surface area contributed by atoms with Crippen molar-refractivity contribution in [3.63, 3.8) is 0 Å². The van der Waals surface area contributed by atoms with E-state index in [0.717, 1.165) is 5.69 Å². The number of nitrogens with zero attached hydrogens (tertiary/aromatic N) is 3. The molecule has 0 aliphatic heterocycles. The molecule has 3 aromatic rings. The van der Waals surface area contributed by atoms with Crippen molar-refractivity contribution in [1.29, 1.82) is 5.26 Å². The van der Waals surface area contributed by atoms with E-state index in [1.165, 1.54) is 6.92 Å². The third-order valence-corrected chi connectivity index (χ3v) is 4.41. The number of ether oxygens (including phenoxy) is 1. The Morgan fingerprint density at radius 1 is 1.14 bits per heavy atom. The Balaban J connectivity index is 1.73. The molecular formula is C22H20N4O3. The van der Waals surface area contributed by atoms with Crippen LogP contribution in [0.4, 0.5) is 5.69 Å². The first-order valence-electron chi connectivity index (χ1n) is 9.04. The van der Waals surface area contributed by atoms with E-state index in [2.05, 4.69) is 10.4 Å². The third kappa shape index (κ3) is 4.33. The fraction of sp³-hybridized carbons (Fsp3) is 0.182. The molecule has 2 aromatic carbocycles. The van der Waals surface area contributed by atoms with Crippen LogP contribution in [0, 0.1) is 25.2 Å². The summed E-state index contributed by atoms with van der Waals surface area (Å²) >= 11 is 0. The zero-order chi connectivity index (χ0) is 21.0. The van der Waals surface area contributed by atoms with Gasteiger partial charge in [0.2, 0.25) is 0 Å². The first-order chi connectivity index (χ1) is 13.9. The van der Waals surface area contributed by atoms with Crippen molar-refractivity contribution in [3.8, 4) is 11.8 Å². The summed E-state index contributed by atoms with van der Waals surface area (Å²) < 4.78 is 7.04. The van der Waals surface area contributed by atoms with Gasteiger partial charge in [-0.3, -0.25) is 4.79 Å². The summed E-state index contributed by atoms with van der Waals surface area (Å²) in [6.07, 6.45) is -1.02. The molecule has 0 aliphatic carbocycles. The summed E-state index contributed by atoms with van der Waals surface area (Å²) in [5.74, 6) is -1.10. The predicted octanol–water partition coefficient (Wildman–Crippen LogP) is 3.54. The molecule has 1 aromatic heterocycles. The fourth-order valence-electron chi connectivity index (χ4n) is 2.94. The minimum atomic E-state index is -1.02. The lowest BCUT2D eigenvalue weighted by molar-refractivity contribution is -0.123. The van der Waals surface area contributed by atoms with Crippen LogP contribution in [0.15, 0.2) is 54.6 Å². The lowest BCUT2D eigenvalue weighted by Crippen LogP contribution is -2.30. The molecule has 1 amide bonds. The van der Waals surface area contributed by atoms with E-state index < -0.39 is 18.0 Å². The number of para-hydroxylation sites is 1. The third-order valence-electron chi connectivity index (χ3n) is 4.41. The Labute approximate surface area is 168 Å². The maximum absolute atomic E-state index is 12.7. The monoisotopic (exact) mass is 388 g/mol.